The predicted octanol–water partition coefficient (Wildman–Crippen LogP) is 0.985. The SMILES string of the molecule is COc1ccc(NC(=O)c2c[nH]c(=O)n(CC3CCCO3)c2=O)cc1OC. The number of carbonyl (C=O) groups is 1. The lowest BCUT2D eigenvalue weighted by molar-refractivity contribution is 0.0941. The van der Waals surface area contributed by atoms with Gasteiger partial charge >= 0.3 is 5.69 Å². The zero-order valence-electron chi connectivity index (χ0n) is 15.1. The first-order valence-corrected chi connectivity index (χ1v) is 8.51. The van der Waals surface area contributed by atoms with E-state index >= 15 is 0 Å². The van der Waals surface area contributed by atoms with Crippen LogP contribution < -0.4 is 26.0 Å². The Bertz CT molecular complexity index is 943. The minimum Gasteiger partial charge on any atom is -0.493 e. The largest absolute Gasteiger partial charge is 0.493 e. The third-order valence-corrected chi connectivity index (χ3v) is 4.36. The molecule has 2 N–H and O–H groups in total. The van der Waals surface area contributed by atoms with E-state index in [1.807, 2.05) is 0 Å². The second-order valence-electron chi connectivity index (χ2n) is 6.08. The van der Waals surface area contributed by atoms with Crippen LogP contribution in [0.3, 0.4) is 0 Å². The number of aromatic nitrogens is 2. The number of hydrogen-bond acceptors (Lipinski definition) is 6. The van der Waals surface area contributed by atoms with Crippen molar-refractivity contribution in [3.05, 3.63) is 50.8 Å². The second-order valence-corrected chi connectivity index (χ2v) is 6.08. The third-order valence-electron chi connectivity index (χ3n) is 4.36. The molecule has 144 valence electrons. The van der Waals surface area contributed by atoms with Crippen LogP contribution in [-0.2, 0) is 11.3 Å². The molecule has 2 heterocycles. The molecule has 1 fully saturated rings. The van der Waals surface area contributed by atoms with Crippen LogP contribution >= 0.6 is 0 Å². The van der Waals surface area contributed by atoms with Crippen LogP contribution in [0.1, 0.15) is 23.2 Å². The summed E-state index contributed by atoms with van der Waals surface area (Å²) in [6.07, 6.45) is 2.57. The Hall–Kier alpha value is -3.07. The molecule has 1 aromatic carbocycles. The average molecular weight is 375 g/mol. The fourth-order valence-corrected chi connectivity index (χ4v) is 2.94. The van der Waals surface area contributed by atoms with Gasteiger partial charge in [-0.2, -0.15) is 0 Å². The summed E-state index contributed by atoms with van der Waals surface area (Å²) in [7, 11) is 2.99. The van der Waals surface area contributed by atoms with Gasteiger partial charge in [-0.15, -0.1) is 0 Å². The molecule has 2 aromatic rings. The van der Waals surface area contributed by atoms with Crippen LogP contribution in [0.25, 0.3) is 0 Å². The summed E-state index contributed by atoms with van der Waals surface area (Å²) >= 11 is 0. The normalized spacial score (nSPS) is 16.1. The zero-order valence-corrected chi connectivity index (χ0v) is 15.1. The highest BCUT2D eigenvalue weighted by Gasteiger charge is 2.21. The number of ether oxygens (including phenoxy) is 3. The Labute approximate surface area is 154 Å². The van der Waals surface area contributed by atoms with Crippen molar-refractivity contribution in [2.24, 2.45) is 0 Å². The molecular formula is C18H21N3O6. The highest BCUT2D eigenvalue weighted by Crippen LogP contribution is 2.29. The van der Waals surface area contributed by atoms with E-state index in [0.29, 0.717) is 23.8 Å². The first kappa shape index (κ1) is 18.7. The Morgan fingerprint density at radius 3 is 2.74 bits per heavy atom. The lowest BCUT2D eigenvalue weighted by atomic mass is 10.2. The van der Waals surface area contributed by atoms with E-state index in [2.05, 4.69) is 10.3 Å². The maximum atomic E-state index is 12.6. The summed E-state index contributed by atoms with van der Waals surface area (Å²) in [5, 5.41) is 2.62. The minimum atomic E-state index is -0.660. The summed E-state index contributed by atoms with van der Waals surface area (Å²) in [4.78, 5) is 39.6. The van der Waals surface area contributed by atoms with Crippen molar-refractivity contribution in [2.75, 3.05) is 26.1 Å². The molecule has 0 radical (unpaired) electrons. The summed E-state index contributed by atoms with van der Waals surface area (Å²) in [6, 6.07) is 4.83. The lowest BCUT2D eigenvalue weighted by Crippen LogP contribution is -2.41. The summed E-state index contributed by atoms with van der Waals surface area (Å²) in [5.41, 5.74) is -0.971. The van der Waals surface area contributed by atoms with E-state index in [-0.39, 0.29) is 18.2 Å². The number of hydrogen-bond donors (Lipinski definition) is 2. The van der Waals surface area contributed by atoms with Gasteiger partial charge in [-0.05, 0) is 25.0 Å². The van der Waals surface area contributed by atoms with E-state index < -0.39 is 17.2 Å². The second kappa shape index (κ2) is 8.09. The van der Waals surface area contributed by atoms with Gasteiger partial charge in [-0.1, -0.05) is 0 Å². The smallest absolute Gasteiger partial charge is 0.328 e. The number of carbonyl (C=O) groups excluding carboxylic acids is 1. The molecule has 1 aromatic heterocycles. The molecule has 0 saturated carbocycles. The van der Waals surface area contributed by atoms with E-state index in [0.717, 1.165) is 23.6 Å². The molecule has 0 bridgehead atoms. The maximum Gasteiger partial charge on any atom is 0.328 e. The molecule has 1 aliphatic rings. The van der Waals surface area contributed by atoms with Crippen LogP contribution in [0, 0.1) is 0 Å². The Morgan fingerprint density at radius 1 is 1.30 bits per heavy atom. The van der Waals surface area contributed by atoms with Crippen molar-refractivity contribution in [1.29, 1.82) is 0 Å². The predicted molar refractivity (Wildman–Crippen MR) is 97.8 cm³/mol. The highest BCUT2D eigenvalue weighted by molar-refractivity contribution is 6.03. The Balaban J connectivity index is 1.84. The van der Waals surface area contributed by atoms with E-state index in [1.165, 1.54) is 14.2 Å². The number of methoxy groups -OCH3 is 2. The van der Waals surface area contributed by atoms with Gasteiger partial charge in [0.15, 0.2) is 11.5 Å². The first-order valence-electron chi connectivity index (χ1n) is 8.51. The monoisotopic (exact) mass is 375 g/mol. The van der Waals surface area contributed by atoms with Crippen LogP contribution in [0.15, 0.2) is 34.0 Å². The van der Waals surface area contributed by atoms with Gasteiger partial charge in [-0.25, -0.2) is 4.79 Å². The number of nitrogens with zero attached hydrogens (tertiary/aromatic N) is 1. The van der Waals surface area contributed by atoms with Crippen molar-refractivity contribution < 1.29 is 19.0 Å². The van der Waals surface area contributed by atoms with Crippen molar-refractivity contribution in [3.8, 4) is 11.5 Å². The fourth-order valence-electron chi connectivity index (χ4n) is 2.94. The summed E-state index contributed by atoms with van der Waals surface area (Å²) < 4.78 is 16.8. The molecule has 1 unspecified atom stereocenters. The van der Waals surface area contributed by atoms with Crippen LogP contribution in [0.2, 0.25) is 0 Å². The topological polar surface area (TPSA) is 112 Å². The molecule has 27 heavy (non-hydrogen) atoms. The van der Waals surface area contributed by atoms with Crippen LogP contribution in [0.4, 0.5) is 5.69 Å². The molecule has 1 atom stereocenters. The number of rotatable bonds is 6. The Morgan fingerprint density at radius 2 is 2.07 bits per heavy atom. The lowest BCUT2D eigenvalue weighted by Gasteiger charge is -2.12. The van der Waals surface area contributed by atoms with Crippen molar-refractivity contribution in [1.82, 2.24) is 9.55 Å². The molecule has 1 aliphatic heterocycles. The molecule has 9 nitrogen and oxygen atoms in total. The third kappa shape index (κ3) is 4.03. The quantitative estimate of drug-likeness (QED) is 0.779. The molecule has 9 heteroatoms. The number of benzene rings is 1. The van der Waals surface area contributed by atoms with Crippen molar-refractivity contribution >= 4 is 11.6 Å². The standard InChI is InChI=1S/C18H21N3O6/c1-25-14-6-5-11(8-15(14)26-2)20-16(22)13-9-19-18(24)21(17(13)23)10-12-4-3-7-27-12/h5-6,8-9,12H,3-4,7,10H2,1-2H3,(H,19,24)(H,20,22). The number of nitrogens with one attached hydrogen (secondary N) is 2. The van der Waals surface area contributed by atoms with Gasteiger partial charge in [0.2, 0.25) is 0 Å². The molecule has 3 rings (SSSR count). The average Bonchev–Trinajstić information content (AvgIpc) is 3.18. The highest BCUT2D eigenvalue weighted by atomic mass is 16.5. The van der Waals surface area contributed by atoms with E-state index in [4.69, 9.17) is 14.2 Å². The van der Waals surface area contributed by atoms with Crippen molar-refractivity contribution in [2.45, 2.75) is 25.5 Å². The summed E-state index contributed by atoms with van der Waals surface area (Å²) in [6.45, 7) is 0.725. The maximum absolute atomic E-state index is 12.6. The molecule has 1 saturated heterocycles. The van der Waals surface area contributed by atoms with Crippen LogP contribution in [-0.4, -0.2) is 42.4 Å². The van der Waals surface area contributed by atoms with Crippen LogP contribution in [0.5, 0.6) is 11.5 Å². The molecule has 0 aliphatic carbocycles. The van der Waals surface area contributed by atoms with Gasteiger partial charge in [0, 0.05) is 24.6 Å². The number of aromatic amines is 1. The van der Waals surface area contributed by atoms with Crippen molar-refractivity contribution in [3.63, 3.8) is 0 Å². The molecule has 1 amide bonds. The Kier molecular flexibility index (Phi) is 5.60. The molecule has 0 spiro atoms. The molecular weight excluding hydrogens is 354 g/mol. The van der Waals surface area contributed by atoms with Gasteiger partial charge in [0.05, 0.1) is 26.9 Å². The summed E-state index contributed by atoms with van der Waals surface area (Å²) in [5.74, 6) is 0.315. The van der Waals surface area contributed by atoms with Gasteiger partial charge in [0.25, 0.3) is 11.5 Å². The van der Waals surface area contributed by atoms with E-state index in [1.54, 1.807) is 18.2 Å². The van der Waals surface area contributed by atoms with Gasteiger partial charge < -0.3 is 24.5 Å². The number of H-pyrrole nitrogens is 1. The van der Waals surface area contributed by atoms with Gasteiger partial charge in [0.1, 0.15) is 5.56 Å². The number of amides is 1. The zero-order chi connectivity index (χ0) is 19.4. The van der Waals surface area contributed by atoms with Gasteiger partial charge in [-0.3, -0.25) is 14.2 Å². The fraction of sp³-hybridized carbons (Fsp3) is 0.389. The number of anilines is 1. The minimum absolute atomic E-state index is 0.117. The first-order chi connectivity index (χ1) is 13.0. The van der Waals surface area contributed by atoms with E-state index in [9.17, 15) is 14.4 Å².